The van der Waals surface area contributed by atoms with E-state index in [1.807, 2.05) is 0 Å². The SMILES string of the molecule is CCc1cc2c(c(OC)c1OC=O)C(C)(C)CCC2(C)C. The third-order valence-electron chi connectivity index (χ3n) is 4.84. The molecule has 0 saturated carbocycles. The number of aryl methyl sites for hydroxylation is 1. The number of fused-ring (bicyclic) bond motifs is 1. The van der Waals surface area contributed by atoms with Crippen molar-refractivity contribution in [3.05, 3.63) is 22.8 Å². The molecule has 0 bridgehead atoms. The van der Waals surface area contributed by atoms with Crippen LogP contribution in [0.2, 0.25) is 0 Å². The number of hydrogen-bond acceptors (Lipinski definition) is 3. The molecule has 0 N–H and O–H groups in total. The smallest absolute Gasteiger partial charge is 0.298 e. The summed E-state index contributed by atoms with van der Waals surface area (Å²) in [5, 5.41) is 0. The number of carbonyl (C=O) groups excluding carboxylic acids is 1. The fourth-order valence-electron chi connectivity index (χ4n) is 3.42. The predicted octanol–water partition coefficient (Wildman–Crippen LogP) is 4.14. The van der Waals surface area contributed by atoms with Crippen molar-refractivity contribution in [3.8, 4) is 11.5 Å². The molecule has 21 heavy (non-hydrogen) atoms. The molecule has 0 aliphatic heterocycles. The molecule has 0 aromatic heterocycles. The lowest BCUT2D eigenvalue weighted by molar-refractivity contribution is -0.120. The van der Waals surface area contributed by atoms with Crippen molar-refractivity contribution < 1.29 is 14.3 Å². The topological polar surface area (TPSA) is 35.5 Å². The van der Waals surface area contributed by atoms with Crippen LogP contribution >= 0.6 is 0 Å². The Morgan fingerprint density at radius 2 is 1.76 bits per heavy atom. The minimum atomic E-state index is 0.0173. The van der Waals surface area contributed by atoms with Crippen molar-refractivity contribution in [2.45, 2.75) is 64.7 Å². The van der Waals surface area contributed by atoms with Crippen molar-refractivity contribution in [3.63, 3.8) is 0 Å². The van der Waals surface area contributed by atoms with Gasteiger partial charge in [-0.3, -0.25) is 4.79 Å². The van der Waals surface area contributed by atoms with Crippen LogP contribution in [0.3, 0.4) is 0 Å². The Morgan fingerprint density at radius 1 is 1.14 bits per heavy atom. The average molecular weight is 290 g/mol. The van der Waals surface area contributed by atoms with Gasteiger partial charge < -0.3 is 9.47 Å². The molecule has 1 aromatic carbocycles. The van der Waals surface area contributed by atoms with Crippen LogP contribution in [0.15, 0.2) is 6.07 Å². The van der Waals surface area contributed by atoms with Gasteiger partial charge in [0.2, 0.25) is 0 Å². The van der Waals surface area contributed by atoms with Gasteiger partial charge >= 0.3 is 0 Å². The zero-order chi connectivity index (χ0) is 15.8. The lowest BCUT2D eigenvalue weighted by atomic mass is 9.62. The molecule has 0 unspecified atom stereocenters. The third-order valence-corrected chi connectivity index (χ3v) is 4.84. The van der Waals surface area contributed by atoms with Crippen LogP contribution < -0.4 is 9.47 Å². The van der Waals surface area contributed by atoms with Crippen molar-refractivity contribution in [1.82, 2.24) is 0 Å². The van der Waals surface area contributed by atoms with Crippen LogP contribution in [0.4, 0.5) is 0 Å². The minimum Gasteiger partial charge on any atom is -0.493 e. The summed E-state index contributed by atoms with van der Waals surface area (Å²) in [4.78, 5) is 10.9. The molecule has 3 nitrogen and oxygen atoms in total. The molecule has 2 rings (SSSR count). The fraction of sp³-hybridized carbons (Fsp3) is 0.611. The summed E-state index contributed by atoms with van der Waals surface area (Å²) in [6.45, 7) is 11.6. The number of hydrogen-bond donors (Lipinski definition) is 0. The molecular formula is C18H26O3. The highest BCUT2D eigenvalue weighted by Crippen LogP contribution is 2.53. The van der Waals surface area contributed by atoms with E-state index in [9.17, 15) is 4.79 Å². The maximum absolute atomic E-state index is 10.9. The van der Waals surface area contributed by atoms with Crippen molar-refractivity contribution >= 4 is 6.47 Å². The number of methoxy groups -OCH3 is 1. The molecule has 0 fully saturated rings. The van der Waals surface area contributed by atoms with Gasteiger partial charge in [0.25, 0.3) is 6.47 Å². The highest BCUT2D eigenvalue weighted by molar-refractivity contribution is 5.63. The van der Waals surface area contributed by atoms with Crippen LogP contribution in [0.25, 0.3) is 0 Å². The Kier molecular flexibility index (Phi) is 4.05. The van der Waals surface area contributed by atoms with Gasteiger partial charge in [0.15, 0.2) is 11.5 Å². The van der Waals surface area contributed by atoms with E-state index in [2.05, 4.69) is 40.7 Å². The summed E-state index contributed by atoms with van der Waals surface area (Å²) in [5.41, 5.74) is 3.68. The first-order valence-electron chi connectivity index (χ1n) is 7.63. The summed E-state index contributed by atoms with van der Waals surface area (Å²) >= 11 is 0. The Labute approximate surface area is 127 Å². The van der Waals surface area contributed by atoms with Crippen LogP contribution in [-0.2, 0) is 22.0 Å². The zero-order valence-electron chi connectivity index (χ0n) is 14.0. The lowest BCUT2D eigenvalue weighted by Gasteiger charge is -2.43. The summed E-state index contributed by atoms with van der Waals surface area (Å²) in [7, 11) is 1.66. The van der Waals surface area contributed by atoms with E-state index in [4.69, 9.17) is 9.47 Å². The van der Waals surface area contributed by atoms with Gasteiger partial charge in [-0.25, -0.2) is 0 Å². The Hall–Kier alpha value is -1.51. The summed E-state index contributed by atoms with van der Waals surface area (Å²) < 4.78 is 11.0. The zero-order valence-corrected chi connectivity index (χ0v) is 14.0. The van der Waals surface area contributed by atoms with Gasteiger partial charge in [-0.05, 0) is 41.2 Å². The molecule has 1 aliphatic carbocycles. The quantitative estimate of drug-likeness (QED) is 0.782. The van der Waals surface area contributed by atoms with E-state index in [1.165, 1.54) is 11.1 Å². The molecule has 0 radical (unpaired) electrons. The fourth-order valence-corrected chi connectivity index (χ4v) is 3.42. The van der Waals surface area contributed by atoms with E-state index in [1.54, 1.807) is 7.11 Å². The summed E-state index contributed by atoms with van der Waals surface area (Å²) in [5.74, 6) is 1.31. The van der Waals surface area contributed by atoms with Crippen molar-refractivity contribution in [2.24, 2.45) is 0 Å². The molecule has 0 saturated heterocycles. The van der Waals surface area contributed by atoms with Gasteiger partial charge in [0.05, 0.1) is 7.11 Å². The molecule has 0 heterocycles. The second-order valence-corrected chi connectivity index (χ2v) is 7.16. The Balaban J connectivity index is 2.84. The van der Waals surface area contributed by atoms with E-state index in [0.717, 1.165) is 30.6 Å². The highest BCUT2D eigenvalue weighted by atomic mass is 16.5. The molecule has 1 aliphatic rings. The second-order valence-electron chi connectivity index (χ2n) is 7.16. The van der Waals surface area contributed by atoms with Gasteiger partial charge in [-0.2, -0.15) is 0 Å². The van der Waals surface area contributed by atoms with Gasteiger partial charge in [0.1, 0.15) is 0 Å². The van der Waals surface area contributed by atoms with Crippen molar-refractivity contribution in [2.75, 3.05) is 7.11 Å². The highest BCUT2D eigenvalue weighted by Gasteiger charge is 2.41. The number of carbonyl (C=O) groups is 1. The lowest BCUT2D eigenvalue weighted by Crippen LogP contribution is -2.34. The molecule has 116 valence electrons. The second kappa shape index (κ2) is 5.36. The summed E-state index contributed by atoms with van der Waals surface area (Å²) in [6.07, 6.45) is 3.05. The molecule has 3 heteroatoms. The number of rotatable bonds is 4. The van der Waals surface area contributed by atoms with Gasteiger partial charge in [-0.15, -0.1) is 0 Å². The van der Waals surface area contributed by atoms with Crippen LogP contribution in [0.5, 0.6) is 11.5 Å². The first-order valence-corrected chi connectivity index (χ1v) is 7.63. The first kappa shape index (κ1) is 15.9. The van der Waals surface area contributed by atoms with E-state index < -0.39 is 0 Å². The predicted molar refractivity (Wildman–Crippen MR) is 84.4 cm³/mol. The normalized spacial score (nSPS) is 18.8. The van der Waals surface area contributed by atoms with E-state index >= 15 is 0 Å². The first-order chi connectivity index (χ1) is 9.78. The molecule has 0 amide bonds. The van der Waals surface area contributed by atoms with Gasteiger partial charge in [0, 0.05) is 5.56 Å². The molecule has 0 spiro atoms. The Morgan fingerprint density at radius 3 is 2.29 bits per heavy atom. The largest absolute Gasteiger partial charge is 0.493 e. The molecule has 1 aromatic rings. The number of benzene rings is 1. The third kappa shape index (κ3) is 2.54. The van der Waals surface area contributed by atoms with E-state index in [-0.39, 0.29) is 10.8 Å². The summed E-state index contributed by atoms with van der Waals surface area (Å²) in [6, 6.07) is 2.21. The average Bonchev–Trinajstić information content (AvgIpc) is 2.43. The maximum Gasteiger partial charge on any atom is 0.298 e. The number of ether oxygens (including phenoxy) is 2. The monoisotopic (exact) mass is 290 g/mol. The van der Waals surface area contributed by atoms with Crippen molar-refractivity contribution in [1.29, 1.82) is 0 Å². The van der Waals surface area contributed by atoms with E-state index in [0.29, 0.717) is 12.2 Å². The van der Waals surface area contributed by atoms with Crippen LogP contribution in [0.1, 0.15) is 64.2 Å². The van der Waals surface area contributed by atoms with Crippen LogP contribution in [-0.4, -0.2) is 13.6 Å². The van der Waals surface area contributed by atoms with Gasteiger partial charge in [-0.1, -0.05) is 40.7 Å². The molecule has 0 atom stereocenters. The van der Waals surface area contributed by atoms with Crippen LogP contribution in [0, 0.1) is 0 Å². The Bertz CT molecular complexity index is 556. The minimum absolute atomic E-state index is 0.0173. The molecular weight excluding hydrogens is 264 g/mol. The maximum atomic E-state index is 10.9. The standard InChI is InChI=1S/C18H26O3/c1-7-12-10-13-14(16(20-6)15(12)21-11-19)18(4,5)9-8-17(13,2)3/h10-11H,7-9H2,1-6H3.